The molecule has 2 aromatic heterocycles. The molecule has 0 aliphatic carbocycles. The number of aromatic nitrogens is 2. The molecule has 0 spiro atoms. The number of hydrogen-bond donors (Lipinski definition) is 1. The van der Waals surface area contributed by atoms with Crippen molar-refractivity contribution in [1.29, 1.82) is 0 Å². The Hall–Kier alpha value is -3.15. The monoisotopic (exact) mass is 323 g/mol. The van der Waals surface area contributed by atoms with E-state index in [0.717, 1.165) is 10.2 Å². The van der Waals surface area contributed by atoms with Crippen LogP contribution in [0.2, 0.25) is 0 Å². The number of hydrogen-bond acceptors (Lipinski definition) is 4. The van der Waals surface area contributed by atoms with Gasteiger partial charge in [-0.2, -0.15) is 5.10 Å². The summed E-state index contributed by atoms with van der Waals surface area (Å²) in [6, 6.07) is 13.1. The predicted molar refractivity (Wildman–Crippen MR) is 90.7 cm³/mol. The van der Waals surface area contributed by atoms with Gasteiger partial charge in [0.15, 0.2) is 5.76 Å². The SMILES string of the molecule is Cc1ccccc1NC(=O)C(C)n1nc(-c2ccco2)ccc1=O. The van der Waals surface area contributed by atoms with Gasteiger partial charge in [-0.05, 0) is 43.7 Å². The summed E-state index contributed by atoms with van der Waals surface area (Å²) in [5, 5.41) is 7.08. The van der Waals surface area contributed by atoms with Crippen molar-refractivity contribution in [3.8, 4) is 11.5 Å². The molecule has 0 aliphatic rings. The highest BCUT2D eigenvalue weighted by atomic mass is 16.3. The van der Waals surface area contributed by atoms with Crippen molar-refractivity contribution in [3.05, 3.63) is 70.7 Å². The van der Waals surface area contributed by atoms with Gasteiger partial charge in [-0.1, -0.05) is 18.2 Å². The Morgan fingerprint density at radius 3 is 2.67 bits per heavy atom. The molecule has 3 aromatic rings. The second kappa shape index (κ2) is 6.54. The smallest absolute Gasteiger partial charge is 0.267 e. The molecule has 1 unspecified atom stereocenters. The topological polar surface area (TPSA) is 77.1 Å². The maximum atomic E-state index is 12.5. The van der Waals surface area contributed by atoms with Gasteiger partial charge in [-0.25, -0.2) is 4.68 Å². The fourth-order valence-electron chi connectivity index (χ4n) is 2.32. The summed E-state index contributed by atoms with van der Waals surface area (Å²) >= 11 is 0. The summed E-state index contributed by atoms with van der Waals surface area (Å²) in [5.41, 5.74) is 1.81. The van der Waals surface area contributed by atoms with Gasteiger partial charge in [0.05, 0.1) is 6.26 Å². The molecule has 0 saturated carbocycles. The van der Waals surface area contributed by atoms with E-state index >= 15 is 0 Å². The van der Waals surface area contributed by atoms with Crippen molar-refractivity contribution < 1.29 is 9.21 Å². The minimum absolute atomic E-state index is 0.310. The fraction of sp³-hybridized carbons (Fsp3) is 0.167. The van der Waals surface area contributed by atoms with Gasteiger partial charge in [0.25, 0.3) is 5.56 Å². The van der Waals surface area contributed by atoms with Crippen LogP contribution in [0.25, 0.3) is 11.5 Å². The summed E-state index contributed by atoms with van der Waals surface area (Å²) in [6.07, 6.45) is 1.53. The van der Waals surface area contributed by atoms with Gasteiger partial charge in [-0.3, -0.25) is 9.59 Å². The largest absolute Gasteiger partial charge is 0.463 e. The molecule has 3 rings (SSSR count). The summed E-state index contributed by atoms with van der Waals surface area (Å²) in [6.45, 7) is 3.54. The first kappa shape index (κ1) is 15.7. The van der Waals surface area contributed by atoms with Gasteiger partial charge in [-0.15, -0.1) is 0 Å². The average molecular weight is 323 g/mol. The Balaban J connectivity index is 1.88. The van der Waals surface area contributed by atoms with E-state index in [4.69, 9.17) is 4.42 Å². The van der Waals surface area contributed by atoms with E-state index in [1.54, 1.807) is 25.1 Å². The number of para-hydroxylation sites is 1. The molecule has 1 aromatic carbocycles. The third-order valence-corrected chi connectivity index (χ3v) is 3.75. The van der Waals surface area contributed by atoms with Gasteiger partial charge in [0.1, 0.15) is 11.7 Å². The Morgan fingerprint density at radius 1 is 1.17 bits per heavy atom. The third-order valence-electron chi connectivity index (χ3n) is 3.75. The van der Waals surface area contributed by atoms with Crippen molar-refractivity contribution >= 4 is 11.6 Å². The molecule has 6 heteroatoms. The Bertz CT molecular complexity index is 913. The van der Waals surface area contributed by atoms with Crippen molar-refractivity contribution in [2.75, 3.05) is 5.32 Å². The highest BCUT2D eigenvalue weighted by Gasteiger charge is 2.19. The second-order valence-electron chi connectivity index (χ2n) is 5.46. The van der Waals surface area contributed by atoms with Crippen LogP contribution < -0.4 is 10.9 Å². The van der Waals surface area contributed by atoms with Crippen LogP contribution in [0.1, 0.15) is 18.5 Å². The highest BCUT2D eigenvalue weighted by Crippen LogP contribution is 2.18. The van der Waals surface area contributed by atoms with Crippen LogP contribution in [-0.4, -0.2) is 15.7 Å². The Labute approximate surface area is 138 Å². The average Bonchev–Trinajstić information content (AvgIpc) is 3.11. The first-order valence-corrected chi connectivity index (χ1v) is 7.56. The van der Waals surface area contributed by atoms with Crippen LogP contribution in [-0.2, 0) is 4.79 Å². The molecular weight excluding hydrogens is 306 g/mol. The zero-order valence-corrected chi connectivity index (χ0v) is 13.4. The van der Waals surface area contributed by atoms with Crippen molar-refractivity contribution in [3.63, 3.8) is 0 Å². The summed E-state index contributed by atoms with van der Waals surface area (Å²) in [4.78, 5) is 24.6. The lowest BCUT2D eigenvalue weighted by atomic mass is 10.2. The minimum atomic E-state index is -0.757. The normalized spacial score (nSPS) is 11.9. The molecule has 0 bridgehead atoms. The Morgan fingerprint density at radius 2 is 1.96 bits per heavy atom. The molecule has 6 nitrogen and oxygen atoms in total. The van der Waals surface area contributed by atoms with E-state index in [1.165, 1.54) is 12.3 Å². The van der Waals surface area contributed by atoms with Crippen LogP contribution in [0, 0.1) is 6.92 Å². The summed E-state index contributed by atoms with van der Waals surface area (Å²) in [7, 11) is 0. The number of nitrogens with one attached hydrogen (secondary N) is 1. The summed E-state index contributed by atoms with van der Waals surface area (Å²) in [5.74, 6) is 0.228. The lowest BCUT2D eigenvalue weighted by Gasteiger charge is -2.15. The molecule has 1 amide bonds. The maximum absolute atomic E-state index is 12.5. The van der Waals surface area contributed by atoms with E-state index < -0.39 is 6.04 Å². The number of rotatable bonds is 4. The number of anilines is 1. The van der Waals surface area contributed by atoms with Crippen LogP contribution in [0.15, 0.2) is 64.0 Å². The molecule has 122 valence electrons. The van der Waals surface area contributed by atoms with E-state index in [9.17, 15) is 9.59 Å². The lowest BCUT2D eigenvalue weighted by Crippen LogP contribution is -2.33. The van der Waals surface area contributed by atoms with Gasteiger partial charge in [0, 0.05) is 11.8 Å². The Kier molecular flexibility index (Phi) is 4.29. The molecule has 2 heterocycles. The standard InChI is InChI=1S/C18H17N3O3/c1-12-6-3-4-7-14(12)19-18(23)13(2)21-17(22)10-9-15(20-21)16-8-5-11-24-16/h3-11,13H,1-2H3,(H,19,23). The lowest BCUT2D eigenvalue weighted by molar-refractivity contribution is -0.119. The quantitative estimate of drug-likeness (QED) is 0.800. The molecule has 0 fully saturated rings. The number of benzene rings is 1. The van der Waals surface area contributed by atoms with Crippen molar-refractivity contribution in [2.24, 2.45) is 0 Å². The molecule has 0 radical (unpaired) electrons. The van der Waals surface area contributed by atoms with Crippen LogP contribution >= 0.6 is 0 Å². The fourth-order valence-corrected chi connectivity index (χ4v) is 2.32. The number of aryl methyl sites for hydroxylation is 1. The second-order valence-corrected chi connectivity index (χ2v) is 5.46. The van der Waals surface area contributed by atoms with Crippen molar-refractivity contribution in [1.82, 2.24) is 9.78 Å². The van der Waals surface area contributed by atoms with Crippen molar-refractivity contribution in [2.45, 2.75) is 19.9 Å². The third kappa shape index (κ3) is 3.12. The van der Waals surface area contributed by atoms with Crippen LogP contribution in [0.5, 0.6) is 0 Å². The molecule has 1 atom stereocenters. The predicted octanol–water partition coefficient (Wildman–Crippen LogP) is 3.01. The number of furan rings is 1. The maximum Gasteiger partial charge on any atom is 0.267 e. The number of carbonyl (C=O) groups is 1. The first-order chi connectivity index (χ1) is 11.6. The highest BCUT2D eigenvalue weighted by molar-refractivity contribution is 5.94. The molecule has 0 saturated heterocycles. The number of carbonyl (C=O) groups excluding carboxylic acids is 1. The van der Waals surface area contributed by atoms with Crippen LogP contribution in [0.3, 0.4) is 0 Å². The van der Waals surface area contributed by atoms with E-state index in [-0.39, 0.29) is 11.5 Å². The number of amides is 1. The minimum Gasteiger partial charge on any atom is -0.463 e. The van der Waals surface area contributed by atoms with Gasteiger partial charge < -0.3 is 9.73 Å². The zero-order chi connectivity index (χ0) is 17.1. The summed E-state index contributed by atoms with van der Waals surface area (Å²) < 4.78 is 6.45. The van der Waals surface area contributed by atoms with Gasteiger partial charge >= 0.3 is 0 Å². The van der Waals surface area contributed by atoms with E-state index in [1.807, 2.05) is 31.2 Å². The zero-order valence-electron chi connectivity index (χ0n) is 13.4. The number of nitrogens with zero attached hydrogens (tertiary/aromatic N) is 2. The molecular formula is C18H17N3O3. The van der Waals surface area contributed by atoms with E-state index in [2.05, 4.69) is 10.4 Å². The van der Waals surface area contributed by atoms with E-state index in [0.29, 0.717) is 17.1 Å². The van der Waals surface area contributed by atoms with Crippen LogP contribution in [0.4, 0.5) is 5.69 Å². The first-order valence-electron chi connectivity index (χ1n) is 7.56. The molecule has 1 N–H and O–H groups in total. The molecule has 24 heavy (non-hydrogen) atoms. The molecule has 0 aliphatic heterocycles. The van der Waals surface area contributed by atoms with Gasteiger partial charge in [0.2, 0.25) is 5.91 Å².